The molecule has 1 aromatic rings. The van der Waals surface area contributed by atoms with E-state index in [4.69, 9.17) is 5.73 Å². The van der Waals surface area contributed by atoms with Gasteiger partial charge in [-0.15, -0.1) is 11.8 Å². The molecule has 3 nitrogen and oxygen atoms in total. The van der Waals surface area contributed by atoms with Crippen molar-refractivity contribution < 1.29 is 0 Å². The summed E-state index contributed by atoms with van der Waals surface area (Å²) >= 11 is 1.79. The second kappa shape index (κ2) is 6.76. The number of pyridine rings is 1. The monoisotopic (exact) mass is 239 g/mol. The topological polar surface area (TPSA) is 42.1 Å². The normalized spacial score (nSPS) is 11.0. The number of aryl methyl sites for hydroxylation is 1. The lowest BCUT2D eigenvalue weighted by Crippen LogP contribution is -2.25. The van der Waals surface area contributed by atoms with Gasteiger partial charge in [-0.25, -0.2) is 4.98 Å². The van der Waals surface area contributed by atoms with Crippen LogP contribution in [0, 0.1) is 6.92 Å². The first-order chi connectivity index (χ1) is 7.67. The van der Waals surface area contributed by atoms with E-state index in [0.717, 1.165) is 41.7 Å². The molecular weight excluding hydrogens is 218 g/mol. The van der Waals surface area contributed by atoms with Crippen LogP contribution in [0.1, 0.15) is 19.4 Å². The lowest BCUT2D eigenvalue weighted by molar-refractivity contribution is 0.324. The van der Waals surface area contributed by atoms with Gasteiger partial charge in [0, 0.05) is 12.3 Å². The zero-order valence-electron chi connectivity index (χ0n) is 10.4. The Balaban J connectivity index is 2.40. The van der Waals surface area contributed by atoms with E-state index in [1.54, 1.807) is 18.0 Å². The molecule has 1 rings (SSSR count). The third kappa shape index (κ3) is 4.02. The minimum atomic E-state index is 0.771. The highest BCUT2D eigenvalue weighted by Gasteiger charge is 2.02. The second-order valence-electron chi connectivity index (χ2n) is 3.75. The Kier molecular flexibility index (Phi) is 5.63. The molecule has 1 heterocycles. The van der Waals surface area contributed by atoms with Crippen LogP contribution < -0.4 is 5.73 Å². The van der Waals surface area contributed by atoms with Crippen LogP contribution in [0.2, 0.25) is 0 Å². The van der Waals surface area contributed by atoms with Crippen molar-refractivity contribution in [2.24, 2.45) is 0 Å². The number of hydrogen-bond acceptors (Lipinski definition) is 4. The van der Waals surface area contributed by atoms with Gasteiger partial charge >= 0.3 is 0 Å². The van der Waals surface area contributed by atoms with Crippen LogP contribution in [0.4, 0.5) is 5.69 Å². The Morgan fingerprint density at radius 3 is 2.62 bits per heavy atom. The highest BCUT2D eigenvalue weighted by molar-refractivity contribution is 7.99. The molecule has 0 bridgehead atoms. The number of thioether (sulfide) groups is 1. The van der Waals surface area contributed by atoms with Crippen molar-refractivity contribution in [2.75, 3.05) is 31.1 Å². The predicted octanol–water partition coefficient (Wildman–Crippen LogP) is 2.41. The molecule has 0 amide bonds. The molecule has 0 aliphatic heterocycles. The average Bonchev–Trinajstić information content (AvgIpc) is 2.29. The highest BCUT2D eigenvalue weighted by Crippen LogP contribution is 2.19. The predicted molar refractivity (Wildman–Crippen MR) is 71.9 cm³/mol. The van der Waals surface area contributed by atoms with Crippen LogP contribution in [0.5, 0.6) is 0 Å². The second-order valence-corrected chi connectivity index (χ2v) is 4.87. The Morgan fingerprint density at radius 2 is 2.06 bits per heavy atom. The Hall–Kier alpha value is -0.740. The van der Waals surface area contributed by atoms with Crippen molar-refractivity contribution in [3.05, 3.63) is 17.8 Å². The average molecular weight is 239 g/mol. The van der Waals surface area contributed by atoms with Gasteiger partial charge in [-0.1, -0.05) is 13.8 Å². The molecular formula is C12H21N3S. The van der Waals surface area contributed by atoms with E-state index in [-0.39, 0.29) is 0 Å². The number of nitrogen functional groups attached to an aromatic ring is 1. The summed E-state index contributed by atoms with van der Waals surface area (Å²) in [6.07, 6.45) is 1.75. The summed E-state index contributed by atoms with van der Waals surface area (Å²) in [4.78, 5) is 6.72. The van der Waals surface area contributed by atoms with Crippen LogP contribution >= 0.6 is 11.8 Å². The SMILES string of the molecule is CCN(CC)CCSc1cc(C)c(N)cn1. The summed E-state index contributed by atoms with van der Waals surface area (Å²) < 4.78 is 0. The van der Waals surface area contributed by atoms with Crippen LogP contribution in [0.15, 0.2) is 17.3 Å². The molecule has 0 aliphatic rings. The van der Waals surface area contributed by atoms with Crippen molar-refractivity contribution >= 4 is 17.4 Å². The molecule has 0 aliphatic carbocycles. The van der Waals surface area contributed by atoms with Gasteiger partial charge < -0.3 is 10.6 Å². The van der Waals surface area contributed by atoms with E-state index in [9.17, 15) is 0 Å². The maximum Gasteiger partial charge on any atom is 0.0964 e. The number of hydrogen-bond donors (Lipinski definition) is 1. The zero-order chi connectivity index (χ0) is 12.0. The van der Waals surface area contributed by atoms with E-state index in [1.165, 1.54) is 0 Å². The van der Waals surface area contributed by atoms with Crippen LogP contribution in [0.3, 0.4) is 0 Å². The first-order valence-corrected chi connectivity index (χ1v) is 6.73. The van der Waals surface area contributed by atoms with E-state index in [2.05, 4.69) is 29.8 Å². The number of nitrogens with two attached hydrogens (primary N) is 1. The Bertz CT molecular complexity index is 324. The summed E-state index contributed by atoms with van der Waals surface area (Å²) in [7, 11) is 0. The van der Waals surface area contributed by atoms with Gasteiger partial charge in [0.25, 0.3) is 0 Å². The minimum Gasteiger partial charge on any atom is -0.397 e. The molecule has 90 valence electrons. The van der Waals surface area contributed by atoms with Gasteiger partial charge in [0.05, 0.1) is 16.9 Å². The van der Waals surface area contributed by atoms with Crippen molar-refractivity contribution in [3.8, 4) is 0 Å². The molecule has 16 heavy (non-hydrogen) atoms. The molecule has 0 spiro atoms. The van der Waals surface area contributed by atoms with E-state index < -0.39 is 0 Å². The van der Waals surface area contributed by atoms with E-state index in [0.29, 0.717) is 0 Å². The Labute approximate surface area is 102 Å². The number of aromatic nitrogens is 1. The fraction of sp³-hybridized carbons (Fsp3) is 0.583. The molecule has 1 aromatic heterocycles. The maximum absolute atomic E-state index is 5.73. The maximum atomic E-state index is 5.73. The van der Waals surface area contributed by atoms with Gasteiger partial charge in [-0.05, 0) is 31.6 Å². The summed E-state index contributed by atoms with van der Waals surface area (Å²) in [5, 5.41) is 1.07. The van der Waals surface area contributed by atoms with Crippen LogP contribution in [0.25, 0.3) is 0 Å². The van der Waals surface area contributed by atoms with Crippen molar-refractivity contribution in [2.45, 2.75) is 25.8 Å². The minimum absolute atomic E-state index is 0.771. The molecule has 2 N–H and O–H groups in total. The van der Waals surface area contributed by atoms with Gasteiger partial charge in [-0.3, -0.25) is 0 Å². The van der Waals surface area contributed by atoms with Crippen LogP contribution in [-0.4, -0.2) is 35.3 Å². The largest absolute Gasteiger partial charge is 0.397 e. The molecule has 0 saturated carbocycles. The zero-order valence-corrected chi connectivity index (χ0v) is 11.2. The molecule has 0 aromatic carbocycles. The first kappa shape index (κ1) is 13.3. The standard InChI is InChI=1S/C12H21N3S/c1-4-15(5-2)6-7-16-12-8-10(3)11(13)9-14-12/h8-9H,4-7,13H2,1-3H3. The van der Waals surface area contributed by atoms with E-state index in [1.807, 2.05) is 6.92 Å². The molecule has 0 radical (unpaired) electrons. The summed E-state index contributed by atoms with van der Waals surface area (Å²) in [6.45, 7) is 9.75. The lowest BCUT2D eigenvalue weighted by atomic mass is 10.3. The fourth-order valence-corrected chi connectivity index (χ4v) is 2.38. The van der Waals surface area contributed by atoms with Crippen LogP contribution in [-0.2, 0) is 0 Å². The molecule has 0 atom stereocenters. The van der Waals surface area contributed by atoms with Crippen molar-refractivity contribution in [1.82, 2.24) is 9.88 Å². The summed E-state index contributed by atoms with van der Waals surface area (Å²) in [6, 6.07) is 2.06. The number of rotatable bonds is 6. The Morgan fingerprint density at radius 1 is 1.38 bits per heavy atom. The molecule has 0 fully saturated rings. The quantitative estimate of drug-likeness (QED) is 0.774. The summed E-state index contributed by atoms with van der Waals surface area (Å²) in [5.74, 6) is 1.08. The van der Waals surface area contributed by atoms with E-state index >= 15 is 0 Å². The molecule has 0 unspecified atom stereocenters. The first-order valence-electron chi connectivity index (χ1n) is 5.74. The van der Waals surface area contributed by atoms with Crippen molar-refractivity contribution in [1.29, 1.82) is 0 Å². The van der Waals surface area contributed by atoms with Gasteiger partial charge in [0.15, 0.2) is 0 Å². The van der Waals surface area contributed by atoms with Crippen molar-refractivity contribution in [3.63, 3.8) is 0 Å². The molecule has 4 heteroatoms. The number of nitrogens with zero attached hydrogens (tertiary/aromatic N) is 2. The lowest BCUT2D eigenvalue weighted by Gasteiger charge is -2.17. The van der Waals surface area contributed by atoms with Gasteiger partial charge in [0.2, 0.25) is 0 Å². The smallest absolute Gasteiger partial charge is 0.0964 e. The van der Waals surface area contributed by atoms with Gasteiger partial charge in [-0.2, -0.15) is 0 Å². The molecule has 0 saturated heterocycles. The summed E-state index contributed by atoms with van der Waals surface area (Å²) in [5.41, 5.74) is 7.61. The third-order valence-electron chi connectivity index (χ3n) is 2.68. The fourth-order valence-electron chi connectivity index (χ4n) is 1.44. The number of anilines is 1. The van der Waals surface area contributed by atoms with Gasteiger partial charge in [0.1, 0.15) is 0 Å². The third-order valence-corrected chi connectivity index (χ3v) is 3.58. The highest BCUT2D eigenvalue weighted by atomic mass is 32.2.